The van der Waals surface area contributed by atoms with Crippen LogP contribution in [0.15, 0.2) is 6.07 Å². The van der Waals surface area contributed by atoms with Crippen LogP contribution in [0.5, 0.6) is 0 Å². The van der Waals surface area contributed by atoms with Crippen molar-refractivity contribution in [3.8, 4) is 0 Å². The molecule has 1 aromatic rings. The largest absolute Gasteiger partial charge is 0.433 e. The van der Waals surface area contributed by atoms with Gasteiger partial charge >= 0.3 is 6.18 Å². The number of hydrogen-bond acceptors (Lipinski definition) is 5. The summed E-state index contributed by atoms with van der Waals surface area (Å²) in [4.78, 5) is 7.35. The highest BCUT2D eigenvalue weighted by Crippen LogP contribution is 2.42. The zero-order valence-corrected chi connectivity index (χ0v) is 11.4. The number of halogens is 3. The number of rotatable bonds is 3. The Morgan fingerprint density at radius 2 is 2.00 bits per heavy atom. The van der Waals surface area contributed by atoms with Gasteiger partial charge in [-0.15, -0.1) is 0 Å². The molecule has 1 aliphatic rings. The molecule has 0 saturated heterocycles. The Bertz CT molecular complexity index is 504. The van der Waals surface area contributed by atoms with Gasteiger partial charge in [0.05, 0.1) is 6.10 Å². The highest BCUT2D eigenvalue weighted by Gasteiger charge is 2.47. The van der Waals surface area contributed by atoms with E-state index in [4.69, 9.17) is 0 Å². The summed E-state index contributed by atoms with van der Waals surface area (Å²) >= 11 is 0. The van der Waals surface area contributed by atoms with Crippen LogP contribution in [0, 0.1) is 5.41 Å². The fourth-order valence-electron chi connectivity index (χ4n) is 2.10. The number of hydrogen-bond donors (Lipinski definition) is 3. The fraction of sp³-hybridized carbons (Fsp3) is 0.667. The van der Waals surface area contributed by atoms with Crippen LogP contribution < -0.4 is 10.6 Å². The number of alkyl halides is 3. The lowest BCUT2D eigenvalue weighted by molar-refractivity contribution is -0.141. The molecule has 112 valence electrons. The molecular formula is C12H17F3N4O. The molecule has 0 amide bonds. The van der Waals surface area contributed by atoms with E-state index >= 15 is 0 Å². The third kappa shape index (κ3) is 2.65. The maximum atomic E-state index is 12.7. The third-order valence-electron chi connectivity index (χ3n) is 3.78. The Balaban J connectivity index is 2.24. The first kappa shape index (κ1) is 14.8. The molecule has 0 aliphatic heterocycles. The first-order chi connectivity index (χ1) is 9.14. The van der Waals surface area contributed by atoms with Crippen LogP contribution in [0.25, 0.3) is 0 Å². The van der Waals surface area contributed by atoms with E-state index in [2.05, 4.69) is 20.6 Å². The highest BCUT2D eigenvalue weighted by atomic mass is 19.4. The van der Waals surface area contributed by atoms with Gasteiger partial charge in [-0.3, -0.25) is 0 Å². The number of aromatic nitrogens is 2. The predicted molar refractivity (Wildman–Crippen MR) is 68.4 cm³/mol. The highest BCUT2D eigenvalue weighted by molar-refractivity contribution is 5.44. The van der Waals surface area contributed by atoms with Gasteiger partial charge in [0.15, 0.2) is 5.69 Å². The van der Waals surface area contributed by atoms with Crippen LogP contribution in [0.2, 0.25) is 0 Å². The molecule has 3 N–H and O–H groups in total. The molecule has 0 radical (unpaired) electrons. The SMILES string of the molecule is CNc1nc(NC2CC(O)C2(C)C)cc(C(F)(F)F)n1. The lowest BCUT2D eigenvalue weighted by Gasteiger charge is -2.49. The minimum atomic E-state index is -4.53. The molecule has 1 heterocycles. The Labute approximate surface area is 114 Å². The van der Waals surface area contributed by atoms with Gasteiger partial charge in [0.1, 0.15) is 5.82 Å². The first-order valence-corrected chi connectivity index (χ1v) is 6.23. The molecule has 2 atom stereocenters. The molecule has 8 heteroatoms. The van der Waals surface area contributed by atoms with Crippen molar-refractivity contribution in [2.75, 3.05) is 17.7 Å². The quantitative estimate of drug-likeness (QED) is 0.795. The van der Waals surface area contributed by atoms with Gasteiger partial charge < -0.3 is 15.7 Å². The van der Waals surface area contributed by atoms with Gasteiger partial charge in [0.25, 0.3) is 0 Å². The summed E-state index contributed by atoms with van der Waals surface area (Å²) in [6, 6.07) is 0.750. The summed E-state index contributed by atoms with van der Waals surface area (Å²) < 4.78 is 38.2. The van der Waals surface area contributed by atoms with Crippen molar-refractivity contribution >= 4 is 11.8 Å². The normalized spacial score (nSPS) is 24.9. The van der Waals surface area contributed by atoms with Crippen molar-refractivity contribution in [1.29, 1.82) is 0 Å². The zero-order valence-electron chi connectivity index (χ0n) is 11.4. The average Bonchev–Trinajstić information content (AvgIpc) is 2.37. The van der Waals surface area contributed by atoms with Gasteiger partial charge in [-0.05, 0) is 6.42 Å². The van der Waals surface area contributed by atoms with Crippen molar-refractivity contribution in [3.05, 3.63) is 11.8 Å². The van der Waals surface area contributed by atoms with Crippen LogP contribution in [0.1, 0.15) is 26.0 Å². The molecule has 0 bridgehead atoms. The average molecular weight is 290 g/mol. The van der Waals surface area contributed by atoms with Crippen molar-refractivity contribution < 1.29 is 18.3 Å². The van der Waals surface area contributed by atoms with Gasteiger partial charge in [0.2, 0.25) is 5.95 Å². The molecule has 5 nitrogen and oxygen atoms in total. The van der Waals surface area contributed by atoms with E-state index < -0.39 is 23.4 Å². The smallest absolute Gasteiger partial charge is 0.392 e. The van der Waals surface area contributed by atoms with Crippen LogP contribution in [0.3, 0.4) is 0 Å². The maximum Gasteiger partial charge on any atom is 0.433 e. The minimum absolute atomic E-state index is 0.0972. The summed E-state index contributed by atoms with van der Waals surface area (Å²) in [5.41, 5.74) is -1.40. The third-order valence-corrected chi connectivity index (χ3v) is 3.78. The van der Waals surface area contributed by atoms with Crippen LogP contribution >= 0.6 is 0 Å². The fourth-order valence-corrected chi connectivity index (χ4v) is 2.10. The van der Waals surface area contributed by atoms with Gasteiger partial charge in [-0.25, -0.2) is 4.98 Å². The maximum absolute atomic E-state index is 12.7. The molecule has 1 aliphatic carbocycles. The Hall–Kier alpha value is -1.57. The van der Waals surface area contributed by atoms with Gasteiger partial charge in [-0.2, -0.15) is 18.2 Å². The monoisotopic (exact) mass is 290 g/mol. The standard InChI is InChI=1S/C12H17F3N4O/c1-11(2)6(4-8(11)20)17-9-5-7(12(13,14)15)18-10(16-3)19-9/h5-6,8,20H,4H2,1-3H3,(H2,16,17,18,19). The van der Waals surface area contributed by atoms with Crippen molar-refractivity contribution in [2.45, 2.75) is 38.6 Å². The van der Waals surface area contributed by atoms with E-state index in [9.17, 15) is 18.3 Å². The second kappa shape index (κ2) is 4.76. The molecular weight excluding hydrogens is 273 g/mol. The van der Waals surface area contributed by atoms with E-state index in [-0.39, 0.29) is 17.8 Å². The molecule has 1 saturated carbocycles. The molecule has 1 fully saturated rings. The van der Waals surface area contributed by atoms with E-state index in [1.54, 1.807) is 0 Å². The topological polar surface area (TPSA) is 70.1 Å². The van der Waals surface area contributed by atoms with Crippen LogP contribution in [-0.2, 0) is 6.18 Å². The lowest BCUT2D eigenvalue weighted by Crippen LogP contribution is -2.57. The molecule has 1 aromatic heterocycles. The minimum Gasteiger partial charge on any atom is -0.392 e. The summed E-state index contributed by atoms with van der Waals surface area (Å²) in [6.07, 6.45) is -4.51. The first-order valence-electron chi connectivity index (χ1n) is 6.23. The molecule has 2 rings (SSSR count). The Morgan fingerprint density at radius 1 is 1.35 bits per heavy atom. The van der Waals surface area contributed by atoms with Crippen LogP contribution in [-0.4, -0.2) is 34.3 Å². The number of aliphatic hydroxyl groups is 1. The molecule has 2 unspecified atom stereocenters. The second-order valence-corrected chi connectivity index (χ2v) is 5.48. The summed E-state index contributed by atoms with van der Waals surface area (Å²) in [6.45, 7) is 3.70. The van der Waals surface area contributed by atoms with Crippen molar-refractivity contribution in [3.63, 3.8) is 0 Å². The van der Waals surface area contributed by atoms with E-state index in [1.807, 2.05) is 13.8 Å². The Morgan fingerprint density at radius 3 is 2.45 bits per heavy atom. The molecule has 20 heavy (non-hydrogen) atoms. The van der Waals surface area contributed by atoms with E-state index in [1.165, 1.54) is 7.05 Å². The Kier molecular flexibility index (Phi) is 3.53. The number of anilines is 2. The summed E-state index contributed by atoms with van der Waals surface area (Å²) in [5, 5.41) is 15.1. The summed E-state index contributed by atoms with van der Waals surface area (Å²) in [5.74, 6) is 0.00153. The molecule has 0 spiro atoms. The lowest BCUT2D eigenvalue weighted by atomic mass is 9.64. The number of aliphatic hydroxyl groups excluding tert-OH is 1. The van der Waals surface area contributed by atoms with Crippen molar-refractivity contribution in [2.24, 2.45) is 5.41 Å². The van der Waals surface area contributed by atoms with E-state index in [0.29, 0.717) is 6.42 Å². The zero-order chi connectivity index (χ0) is 15.1. The number of nitrogens with one attached hydrogen (secondary N) is 2. The molecule has 0 aromatic carbocycles. The summed E-state index contributed by atoms with van der Waals surface area (Å²) in [7, 11) is 1.45. The van der Waals surface area contributed by atoms with Gasteiger partial charge in [-0.1, -0.05) is 13.8 Å². The van der Waals surface area contributed by atoms with E-state index in [0.717, 1.165) is 6.07 Å². The number of nitrogens with zero attached hydrogens (tertiary/aromatic N) is 2. The predicted octanol–water partition coefficient (Wildman–Crippen LogP) is 2.11. The van der Waals surface area contributed by atoms with Crippen LogP contribution in [0.4, 0.5) is 24.9 Å². The van der Waals surface area contributed by atoms with Gasteiger partial charge in [0, 0.05) is 24.6 Å². The van der Waals surface area contributed by atoms with Crippen molar-refractivity contribution in [1.82, 2.24) is 9.97 Å². The second-order valence-electron chi connectivity index (χ2n) is 5.48.